The van der Waals surface area contributed by atoms with Crippen LogP contribution in [0.5, 0.6) is 0 Å². The van der Waals surface area contributed by atoms with Crippen molar-refractivity contribution in [2.75, 3.05) is 0 Å². The van der Waals surface area contributed by atoms with Gasteiger partial charge in [-0.25, -0.2) is 4.98 Å². The first kappa shape index (κ1) is 11.4. The third kappa shape index (κ3) is 2.75. The Balaban J connectivity index is 1.93. The highest BCUT2D eigenvalue weighted by atomic mass is 35.5. The van der Waals surface area contributed by atoms with Gasteiger partial charge >= 0.3 is 0 Å². The van der Waals surface area contributed by atoms with Crippen LogP contribution < -0.4 is 5.32 Å². The van der Waals surface area contributed by atoms with Crippen molar-refractivity contribution >= 4 is 40.2 Å². The molecule has 16 heavy (non-hydrogen) atoms. The Hall–Kier alpha value is -1.05. The lowest BCUT2D eigenvalue weighted by atomic mass is 10.4. The molecule has 0 aliphatic rings. The van der Waals surface area contributed by atoms with Crippen molar-refractivity contribution in [1.29, 1.82) is 0 Å². The van der Waals surface area contributed by atoms with Crippen LogP contribution in [0.4, 0.5) is 0 Å². The molecular weight excluding hydrogens is 268 g/mol. The second-order valence-corrected chi connectivity index (χ2v) is 5.52. The lowest BCUT2D eigenvalue weighted by molar-refractivity contribution is 0.0949. The monoisotopic (exact) mass is 274 g/mol. The van der Waals surface area contributed by atoms with E-state index in [1.54, 1.807) is 11.3 Å². The van der Waals surface area contributed by atoms with E-state index in [4.69, 9.17) is 11.6 Å². The molecule has 5 nitrogen and oxygen atoms in total. The molecule has 8 heteroatoms. The van der Waals surface area contributed by atoms with Gasteiger partial charge in [-0.1, -0.05) is 11.3 Å². The summed E-state index contributed by atoms with van der Waals surface area (Å²) in [5, 5.41) is 13.0. The predicted octanol–water partition coefficient (Wildman–Crippen LogP) is 1.89. The van der Waals surface area contributed by atoms with Crippen LogP contribution in [-0.4, -0.2) is 21.1 Å². The van der Waals surface area contributed by atoms with Crippen LogP contribution >= 0.6 is 34.3 Å². The van der Waals surface area contributed by atoms with Crippen LogP contribution in [0.25, 0.3) is 0 Å². The number of amides is 1. The smallest absolute Gasteiger partial charge is 0.282 e. The molecule has 0 aliphatic heterocycles. The Morgan fingerprint density at radius 3 is 2.94 bits per heavy atom. The van der Waals surface area contributed by atoms with Crippen molar-refractivity contribution in [3.63, 3.8) is 0 Å². The average Bonchev–Trinajstić information content (AvgIpc) is 2.84. The first-order chi connectivity index (χ1) is 7.65. The zero-order chi connectivity index (χ0) is 11.5. The van der Waals surface area contributed by atoms with Gasteiger partial charge in [0.1, 0.15) is 0 Å². The summed E-state index contributed by atoms with van der Waals surface area (Å²) in [5.74, 6) is -0.282. The molecule has 0 spiro atoms. The summed E-state index contributed by atoms with van der Waals surface area (Å²) in [4.78, 5) is 15.8. The molecule has 1 N–H and O–H groups in total. The summed E-state index contributed by atoms with van der Waals surface area (Å²) in [5.41, 5.74) is 0.839. The molecule has 0 saturated carbocycles. The summed E-state index contributed by atoms with van der Waals surface area (Å²) < 4.78 is 0.259. The molecule has 0 radical (unpaired) electrons. The van der Waals surface area contributed by atoms with Crippen LogP contribution in [-0.2, 0) is 6.54 Å². The first-order valence-electron chi connectivity index (χ1n) is 4.33. The molecule has 0 bridgehead atoms. The number of nitrogens with one attached hydrogen (secondary N) is 1. The number of hydrogen-bond donors (Lipinski definition) is 1. The molecule has 2 aromatic heterocycles. The van der Waals surface area contributed by atoms with Crippen molar-refractivity contribution in [3.05, 3.63) is 25.6 Å². The lowest BCUT2D eigenvalue weighted by Gasteiger charge is -1.98. The average molecular weight is 275 g/mol. The van der Waals surface area contributed by atoms with E-state index in [-0.39, 0.29) is 15.4 Å². The molecule has 0 saturated heterocycles. The lowest BCUT2D eigenvalue weighted by Crippen LogP contribution is -2.22. The number of carbonyl (C=O) groups excluding carboxylic acids is 1. The summed E-state index contributed by atoms with van der Waals surface area (Å²) >= 11 is 8.18. The second-order valence-electron chi connectivity index (χ2n) is 2.90. The summed E-state index contributed by atoms with van der Waals surface area (Å²) in [7, 11) is 0. The van der Waals surface area contributed by atoms with E-state index in [1.165, 1.54) is 0 Å². The van der Waals surface area contributed by atoms with Gasteiger partial charge in [-0.15, -0.1) is 21.5 Å². The van der Waals surface area contributed by atoms with E-state index >= 15 is 0 Å². The standard InChI is InChI=1S/C8H7ClN4OS2/c1-4-11-5(3-15-4)2-10-6(14)7-12-13-8(9)16-7/h3H,2H2,1H3,(H,10,14). The quantitative estimate of drug-likeness (QED) is 0.928. The van der Waals surface area contributed by atoms with Crippen molar-refractivity contribution in [2.45, 2.75) is 13.5 Å². The molecule has 2 heterocycles. The fraction of sp³-hybridized carbons (Fsp3) is 0.250. The van der Waals surface area contributed by atoms with E-state index in [0.717, 1.165) is 22.0 Å². The maximum absolute atomic E-state index is 11.6. The topological polar surface area (TPSA) is 67.8 Å². The number of nitrogens with zero attached hydrogens (tertiary/aromatic N) is 3. The number of carbonyl (C=O) groups is 1. The number of hydrogen-bond acceptors (Lipinski definition) is 6. The number of thiazole rings is 1. The van der Waals surface area contributed by atoms with Gasteiger partial charge < -0.3 is 5.32 Å². The van der Waals surface area contributed by atoms with E-state index in [0.29, 0.717) is 6.54 Å². The number of halogens is 1. The van der Waals surface area contributed by atoms with Crippen molar-refractivity contribution in [1.82, 2.24) is 20.5 Å². The fourth-order valence-electron chi connectivity index (χ4n) is 1.03. The Bertz CT molecular complexity index is 510. The highest BCUT2D eigenvalue weighted by molar-refractivity contribution is 7.17. The summed E-state index contributed by atoms with van der Waals surface area (Å²) in [6.45, 7) is 2.31. The van der Waals surface area contributed by atoms with Crippen LogP contribution in [0.2, 0.25) is 4.47 Å². The van der Waals surface area contributed by atoms with E-state index < -0.39 is 0 Å². The van der Waals surface area contributed by atoms with Crippen LogP contribution in [0.1, 0.15) is 20.5 Å². The van der Waals surface area contributed by atoms with Gasteiger partial charge in [-0.05, 0) is 18.5 Å². The molecule has 0 fully saturated rings. The molecule has 84 valence electrons. The zero-order valence-corrected chi connectivity index (χ0v) is 10.6. The summed E-state index contributed by atoms with van der Waals surface area (Å²) in [6, 6.07) is 0. The second kappa shape index (κ2) is 4.86. The van der Waals surface area contributed by atoms with Gasteiger partial charge in [0.05, 0.1) is 17.2 Å². The van der Waals surface area contributed by atoms with E-state index in [2.05, 4.69) is 20.5 Å². The van der Waals surface area contributed by atoms with Gasteiger partial charge in [0, 0.05) is 5.38 Å². The van der Waals surface area contributed by atoms with Gasteiger partial charge in [-0.2, -0.15) is 0 Å². The molecule has 0 atom stereocenters. The van der Waals surface area contributed by atoms with Gasteiger partial charge in [0.25, 0.3) is 5.91 Å². The Morgan fingerprint density at radius 2 is 2.38 bits per heavy atom. The first-order valence-corrected chi connectivity index (χ1v) is 6.41. The van der Waals surface area contributed by atoms with Crippen LogP contribution in [0.3, 0.4) is 0 Å². The predicted molar refractivity (Wildman–Crippen MR) is 62.9 cm³/mol. The van der Waals surface area contributed by atoms with Gasteiger partial charge in [0.2, 0.25) is 9.47 Å². The Kier molecular flexibility index (Phi) is 3.47. The van der Waals surface area contributed by atoms with Crippen molar-refractivity contribution in [3.8, 4) is 0 Å². The summed E-state index contributed by atoms with van der Waals surface area (Å²) in [6.07, 6.45) is 0. The molecule has 0 aromatic carbocycles. The number of rotatable bonds is 3. The third-order valence-electron chi connectivity index (χ3n) is 1.69. The minimum atomic E-state index is -0.282. The largest absolute Gasteiger partial charge is 0.344 e. The molecule has 0 unspecified atom stereocenters. The normalized spacial score (nSPS) is 10.4. The zero-order valence-electron chi connectivity index (χ0n) is 8.23. The molecule has 0 aliphatic carbocycles. The van der Waals surface area contributed by atoms with E-state index in [1.807, 2.05) is 12.3 Å². The van der Waals surface area contributed by atoms with Crippen LogP contribution in [0, 0.1) is 6.92 Å². The number of aryl methyl sites for hydroxylation is 1. The minimum absolute atomic E-state index is 0.259. The van der Waals surface area contributed by atoms with E-state index in [9.17, 15) is 4.79 Å². The molecule has 1 amide bonds. The highest BCUT2D eigenvalue weighted by Gasteiger charge is 2.11. The maximum atomic E-state index is 11.6. The van der Waals surface area contributed by atoms with Crippen LogP contribution in [0.15, 0.2) is 5.38 Å². The third-order valence-corrected chi connectivity index (χ3v) is 3.53. The highest BCUT2D eigenvalue weighted by Crippen LogP contribution is 2.14. The maximum Gasteiger partial charge on any atom is 0.282 e. The SMILES string of the molecule is Cc1nc(CNC(=O)c2nnc(Cl)s2)cs1. The molecular formula is C8H7ClN4OS2. The fourth-order valence-corrected chi connectivity index (χ4v) is 2.39. The Labute approximate surface area is 105 Å². The van der Waals surface area contributed by atoms with Crippen molar-refractivity contribution < 1.29 is 4.79 Å². The van der Waals surface area contributed by atoms with Gasteiger partial charge in [-0.3, -0.25) is 4.79 Å². The Morgan fingerprint density at radius 1 is 1.56 bits per heavy atom. The van der Waals surface area contributed by atoms with Gasteiger partial charge in [0.15, 0.2) is 0 Å². The molecule has 2 rings (SSSR count). The number of aromatic nitrogens is 3. The van der Waals surface area contributed by atoms with Crippen molar-refractivity contribution in [2.24, 2.45) is 0 Å². The minimum Gasteiger partial charge on any atom is -0.344 e. The molecule has 2 aromatic rings.